The molecule has 0 radical (unpaired) electrons. The minimum atomic E-state index is -0.658. The molecule has 96 valence electrons. The van der Waals surface area contributed by atoms with Gasteiger partial charge in [-0.25, -0.2) is 10.2 Å². The number of rotatable bonds is 4. The Morgan fingerprint density at radius 1 is 1.53 bits per heavy atom. The lowest BCUT2D eigenvalue weighted by Gasteiger charge is -2.23. The second-order valence-corrected chi connectivity index (χ2v) is 4.14. The third-order valence-corrected chi connectivity index (χ3v) is 2.94. The number of hydrazone groups is 1. The number of primary amides is 1. The lowest BCUT2D eigenvalue weighted by atomic mass is 9.84. The Morgan fingerprint density at radius 2 is 2.29 bits per heavy atom. The Morgan fingerprint density at radius 3 is 2.94 bits per heavy atom. The molecule has 0 bridgehead atoms. The van der Waals surface area contributed by atoms with Crippen LogP contribution in [0.5, 0.6) is 0 Å². The summed E-state index contributed by atoms with van der Waals surface area (Å²) in [5.74, 6) is 0.0347. The van der Waals surface area contributed by atoms with Gasteiger partial charge in [-0.1, -0.05) is 6.42 Å². The minimum absolute atomic E-state index is 0.210. The standard InChI is InChI=1S/C11H19N3O3/c1-17-10(15)7-6-8-4-2-3-5-9(8)13-14-11(12)16/h8H,2-7H2,1H3,(H3,12,14,16)/t8-/m0/s1. The van der Waals surface area contributed by atoms with Gasteiger partial charge < -0.3 is 10.5 Å². The van der Waals surface area contributed by atoms with Gasteiger partial charge in [0.05, 0.1) is 7.11 Å². The maximum absolute atomic E-state index is 11.1. The van der Waals surface area contributed by atoms with Crippen molar-refractivity contribution in [2.24, 2.45) is 16.8 Å². The van der Waals surface area contributed by atoms with Gasteiger partial charge in [-0.05, 0) is 31.6 Å². The third-order valence-electron chi connectivity index (χ3n) is 2.94. The molecular weight excluding hydrogens is 222 g/mol. The largest absolute Gasteiger partial charge is 0.469 e. The molecule has 1 fully saturated rings. The van der Waals surface area contributed by atoms with E-state index in [-0.39, 0.29) is 11.9 Å². The summed E-state index contributed by atoms with van der Waals surface area (Å²) in [6.45, 7) is 0. The highest BCUT2D eigenvalue weighted by atomic mass is 16.5. The van der Waals surface area contributed by atoms with Crippen LogP contribution in [0, 0.1) is 5.92 Å². The number of nitrogens with one attached hydrogen (secondary N) is 1. The maximum atomic E-state index is 11.1. The van der Waals surface area contributed by atoms with E-state index in [1.807, 2.05) is 0 Å². The molecule has 17 heavy (non-hydrogen) atoms. The second kappa shape index (κ2) is 6.88. The van der Waals surface area contributed by atoms with Crippen molar-refractivity contribution in [1.82, 2.24) is 5.43 Å². The number of ether oxygens (including phenoxy) is 1. The highest BCUT2D eigenvalue weighted by molar-refractivity contribution is 5.88. The van der Waals surface area contributed by atoms with Crippen molar-refractivity contribution >= 4 is 17.7 Å². The van der Waals surface area contributed by atoms with Crippen LogP contribution in [0.2, 0.25) is 0 Å². The summed E-state index contributed by atoms with van der Waals surface area (Å²) in [5.41, 5.74) is 8.15. The van der Waals surface area contributed by atoms with Crippen LogP contribution in [-0.4, -0.2) is 24.8 Å². The lowest BCUT2D eigenvalue weighted by Crippen LogP contribution is -2.29. The minimum Gasteiger partial charge on any atom is -0.469 e. The molecule has 0 heterocycles. The average Bonchev–Trinajstić information content (AvgIpc) is 2.34. The van der Waals surface area contributed by atoms with Crippen LogP contribution < -0.4 is 11.2 Å². The van der Waals surface area contributed by atoms with Crippen molar-refractivity contribution < 1.29 is 14.3 Å². The molecule has 1 rings (SSSR count). The van der Waals surface area contributed by atoms with E-state index in [1.165, 1.54) is 7.11 Å². The number of methoxy groups -OCH3 is 1. The van der Waals surface area contributed by atoms with E-state index in [0.717, 1.165) is 31.4 Å². The Labute approximate surface area is 101 Å². The van der Waals surface area contributed by atoms with Crippen LogP contribution in [0.25, 0.3) is 0 Å². The maximum Gasteiger partial charge on any atom is 0.332 e. The molecule has 3 N–H and O–H groups in total. The highest BCUT2D eigenvalue weighted by Crippen LogP contribution is 2.25. The van der Waals surface area contributed by atoms with Crippen LogP contribution in [0.3, 0.4) is 0 Å². The number of hydrogen-bond acceptors (Lipinski definition) is 4. The van der Waals surface area contributed by atoms with Gasteiger partial charge in [0.1, 0.15) is 0 Å². The predicted octanol–water partition coefficient (Wildman–Crippen LogP) is 1.15. The Bertz CT molecular complexity index is 315. The van der Waals surface area contributed by atoms with Gasteiger partial charge in [0.2, 0.25) is 0 Å². The molecule has 1 atom stereocenters. The van der Waals surface area contributed by atoms with Gasteiger partial charge in [0.15, 0.2) is 0 Å². The summed E-state index contributed by atoms with van der Waals surface area (Å²) in [5, 5.41) is 4.01. The van der Waals surface area contributed by atoms with Crippen LogP contribution >= 0.6 is 0 Å². The summed E-state index contributed by atoms with van der Waals surface area (Å²) >= 11 is 0. The molecular formula is C11H19N3O3. The molecule has 1 saturated carbocycles. The first kappa shape index (κ1) is 13.5. The number of carbonyl (C=O) groups excluding carboxylic acids is 2. The Balaban J connectivity index is 2.50. The molecule has 0 aromatic rings. The van der Waals surface area contributed by atoms with Crippen molar-refractivity contribution in [2.45, 2.75) is 38.5 Å². The summed E-state index contributed by atoms with van der Waals surface area (Å²) in [4.78, 5) is 21.7. The topological polar surface area (TPSA) is 93.8 Å². The quantitative estimate of drug-likeness (QED) is 0.571. The van der Waals surface area contributed by atoms with Crippen molar-refractivity contribution in [3.8, 4) is 0 Å². The first-order valence-corrected chi connectivity index (χ1v) is 5.82. The molecule has 0 aromatic carbocycles. The summed E-state index contributed by atoms with van der Waals surface area (Å²) in [7, 11) is 1.38. The van der Waals surface area contributed by atoms with Crippen molar-refractivity contribution in [3.05, 3.63) is 0 Å². The smallest absolute Gasteiger partial charge is 0.332 e. The van der Waals surface area contributed by atoms with E-state index < -0.39 is 6.03 Å². The molecule has 0 aromatic heterocycles. The number of carbonyl (C=O) groups is 2. The second-order valence-electron chi connectivity index (χ2n) is 4.14. The van der Waals surface area contributed by atoms with E-state index >= 15 is 0 Å². The third kappa shape index (κ3) is 4.84. The number of urea groups is 1. The molecule has 0 unspecified atom stereocenters. The van der Waals surface area contributed by atoms with E-state index in [1.54, 1.807) is 0 Å². The van der Waals surface area contributed by atoms with Crippen LogP contribution in [0.1, 0.15) is 38.5 Å². The summed E-state index contributed by atoms with van der Waals surface area (Å²) in [6.07, 6.45) is 5.14. The number of nitrogens with two attached hydrogens (primary N) is 1. The van der Waals surface area contributed by atoms with Crippen molar-refractivity contribution in [1.29, 1.82) is 0 Å². The fourth-order valence-electron chi connectivity index (χ4n) is 2.05. The van der Waals surface area contributed by atoms with Crippen LogP contribution in [0.4, 0.5) is 4.79 Å². The first-order valence-electron chi connectivity index (χ1n) is 5.82. The van der Waals surface area contributed by atoms with Gasteiger partial charge in [0.25, 0.3) is 0 Å². The monoisotopic (exact) mass is 241 g/mol. The molecule has 6 nitrogen and oxygen atoms in total. The molecule has 0 spiro atoms. The summed E-state index contributed by atoms with van der Waals surface area (Å²) in [6, 6.07) is -0.658. The lowest BCUT2D eigenvalue weighted by molar-refractivity contribution is -0.140. The van der Waals surface area contributed by atoms with E-state index in [2.05, 4.69) is 15.3 Å². The van der Waals surface area contributed by atoms with E-state index in [4.69, 9.17) is 5.73 Å². The first-order chi connectivity index (χ1) is 8.13. The SMILES string of the molecule is COC(=O)CC[C@@H]1CCCCC1=NNC(N)=O. The van der Waals surface area contributed by atoms with E-state index in [9.17, 15) is 9.59 Å². The van der Waals surface area contributed by atoms with Crippen LogP contribution in [0.15, 0.2) is 5.10 Å². The number of esters is 1. The van der Waals surface area contributed by atoms with Gasteiger partial charge in [0, 0.05) is 12.1 Å². The summed E-state index contributed by atoms with van der Waals surface area (Å²) < 4.78 is 4.61. The van der Waals surface area contributed by atoms with Crippen molar-refractivity contribution in [3.63, 3.8) is 0 Å². The molecule has 0 aliphatic heterocycles. The number of nitrogens with zero attached hydrogens (tertiary/aromatic N) is 1. The zero-order valence-corrected chi connectivity index (χ0v) is 10.1. The van der Waals surface area contributed by atoms with Crippen LogP contribution in [-0.2, 0) is 9.53 Å². The van der Waals surface area contributed by atoms with Gasteiger partial charge in [-0.2, -0.15) is 5.10 Å². The fraction of sp³-hybridized carbons (Fsp3) is 0.727. The van der Waals surface area contributed by atoms with Gasteiger partial charge >= 0.3 is 12.0 Å². The van der Waals surface area contributed by atoms with E-state index in [0.29, 0.717) is 12.8 Å². The number of amides is 2. The highest BCUT2D eigenvalue weighted by Gasteiger charge is 2.21. The zero-order valence-electron chi connectivity index (χ0n) is 10.1. The molecule has 1 aliphatic rings. The van der Waals surface area contributed by atoms with Gasteiger partial charge in [-0.15, -0.1) is 0 Å². The average molecular weight is 241 g/mol. The fourth-order valence-corrected chi connectivity index (χ4v) is 2.05. The normalized spacial score (nSPS) is 22.2. The Kier molecular flexibility index (Phi) is 5.45. The Hall–Kier alpha value is -1.59. The molecule has 1 aliphatic carbocycles. The number of hydrogen-bond donors (Lipinski definition) is 2. The molecule has 2 amide bonds. The molecule has 0 saturated heterocycles. The predicted molar refractivity (Wildman–Crippen MR) is 63.4 cm³/mol. The van der Waals surface area contributed by atoms with Gasteiger partial charge in [-0.3, -0.25) is 4.79 Å². The molecule has 6 heteroatoms. The zero-order chi connectivity index (χ0) is 12.7. The van der Waals surface area contributed by atoms with Crippen molar-refractivity contribution in [2.75, 3.05) is 7.11 Å².